The lowest BCUT2D eigenvalue weighted by Gasteiger charge is -2.22. The Morgan fingerprint density at radius 1 is 1.42 bits per heavy atom. The molecular weight excluding hydrogens is 258 g/mol. The average Bonchev–Trinajstić information content (AvgIpc) is 3.00. The maximum absolute atomic E-state index is 12.4. The smallest absolute Gasteiger partial charge is 0.245 e. The molecule has 1 amide bonds. The molecular formula is C14H19N3OS. The molecule has 1 fully saturated rings. The Hall–Kier alpha value is -1.49. The van der Waals surface area contributed by atoms with Crippen molar-refractivity contribution >= 4 is 29.9 Å². The fourth-order valence-electron chi connectivity index (χ4n) is 2.27. The van der Waals surface area contributed by atoms with Gasteiger partial charge < -0.3 is 10.0 Å². The van der Waals surface area contributed by atoms with E-state index in [0.717, 1.165) is 12.1 Å². The molecule has 4 nitrogen and oxygen atoms in total. The molecule has 1 aliphatic carbocycles. The summed E-state index contributed by atoms with van der Waals surface area (Å²) in [6.45, 7) is 4.05. The molecule has 1 aromatic rings. The molecule has 3 rings (SSSR count). The van der Waals surface area contributed by atoms with Crippen LogP contribution in [-0.4, -0.2) is 22.5 Å². The Morgan fingerprint density at radius 2 is 2.11 bits per heavy atom. The van der Waals surface area contributed by atoms with Crippen LogP contribution in [0.2, 0.25) is 0 Å². The van der Waals surface area contributed by atoms with Crippen LogP contribution in [0.5, 0.6) is 0 Å². The van der Waals surface area contributed by atoms with E-state index >= 15 is 0 Å². The van der Waals surface area contributed by atoms with E-state index in [1.165, 1.54) is 17.5 Å². The molecule has 0 saturated heterocycles. The predicted octanol–water partition coefficient (Wildman–Crippen LogP) is 2.75. The Bertz CT molecular complexity index is 524. The number of aliphatic imine (C=N–C) groups is 1. The van der Waals surface area contributed by atoms with E-state index in [4.69, 9.17) is 0 Å². The number of benzene rings is 1. The van der Waals surface area contributed by atoms with E-state index in [2.05, 4.69) is 15.0 Å². The summed E-state index contributed by atoms with van der Waals surface area (Å²) < 4.78 is 2.53. The fourth-order valence-corrected chi connectivity index (χ4v) is 3.35. The lowest BCUT2D eigenvalue weighted by atomic mass is 10.2. The molecule has 1 aliphatic heterocycles. The molecule has 1 aromatic carbocycles. The van der Waals surface area contributed by atoms with Gasteiger partial charge in [-0.15, -0.1) is 0 Å². The van der Waals surface area contributed by atoms with Crippen LogP contribution in [-0.2, 0) is 4.79 Å². The third kappa shape index (κ3) is 2.12. The van der Waals surface area contributed by atoms with E-state index in [-0.39, 0.29) is 18.9 Å². The summed E-state index contributed by atoms with van der Waals surface area (Å²) in [4.78, 5) is 16.7. The number of hydrogen-bond acceptors (Lipinski definition) is 4. The van der Waals surface area contributed by atoms with Crippen LogP contribution in [0.3, 0.4) is 0 Å². The summed E-state index contributed by atoms with van der Waals surface area (Å²) in [6.07, 6.45) is 2.46. The van der Waals surface area contributed by atoms with Crippen LogP contribution in [0.25, 0.3) is 0 Å². The second-order valence-electron chi connectivity index (χ2n) is 5.08. The molecule has 0 radical (unpaired) electrons. The van der Waals surface area contributed by atoms with Crippen molar-refractivity contribution < 1.29 is 4.79 Å². The number of carbonyl (C=O) groups is 1. The summed E-state index contributed by atoms with van der Waals surface area (Å²) in [6, 6.07) is 7.83. The Morgan fingerprint density at radius 3 is 2.74 bits per heavy atom. The number of amides is 1. The van der Waals surface area contributed by atoms with Gasteiger partial charge in [-0.3, -0.25) is 9.79 Å². The highest BCUT2D eigenvalue weighted by atomic mass is 32.2. The van der Waals surface area contributed by atoms with Gasteiger partial charge in [0.05, 0.1) is 11.9 Å². The zero-order valence-electron chi connectivity index (χ0n) is 10.4. The molecule has 1 saturated carbocycles. The van der Waals surface area contributed by atoms with Crippen molar-refractivity contribution in [3.8, 4) is 0 Å². The predicted molar refractivity (Wildman–Crippen MR) is 81.5 cm³/mol. The van der Waals surface area contributed by atoms with Gasteiger partial charge in [-0.05, 0) is 37.9 Å². The van der Waals surface area contributed by atoms with Gasteiger partial charge in [-0.25, -0.2) is 0 Å². The molecule has 19 heavy (non-hydrogen) atoms. The zero-order valence-corrected chi connectivity index (χ0v) is 11.2. The van der Waals surface area contributed by atoms with E-state index in [1.807, 2.05) is 38.1 Å². The molecule has 2 N–H and O–H groups in total. The van der Waals surface area contributed by atoms with Crippen LogP contribution >= 0.6 is 11.9 Å². The second-order valence-corrected chi connectivity index (χ2v) is 6.21. The van der Waals surface area contributed by atoms with Gasteiger partial charge in [0.2, 0.25) is 5.91 Å². The van der Waals surface area contributed by atoms with E-state index in [0.29, 0.717) is 0 Å². The number of aryl methyl sites for hydroxylation is 1. The van der Waals surface area contributed by atoms with Gasteiger partial charge in [0, 0.05) is 12.1 Å². The SMILES string of the molecule is C.Cc1ccc(NC(=O)C23CC2(C)N=CNS3)cc1. The number of carbonyl (C=O) groups excluding carboxylic acids is 1. The largest absolute Gasteiger partial charge is 0.325 e. The van der Waals surface area contributed by atoms with Crippen molar-refractivity contribution in [1.82, 2.24) is 4.72 Å². The minimum absolute atomic E-state index is 0. The summed E-state index contributed by atoms with van der Waals surface area (Å²) in [7, 11) is 0. The minimum Gasteiger partial charge on any atom is -0.325 e. The maximum Gasteiger partial charge on any atom is 0.245 e. The molecule has 1 heterocycles. The highest BCUT2D eigenvalue weighted by Gasteiger charge is 2.72. The lowest BCUT2D eigenvalue weighted by Crippen LogP contribution is -2.38. The molecule has 2 aliphatic rings. The Kier molecular flexibility index (Phi) is 3.34. The second kappa shape index (κ2) is 4.56. The summed E-state index contributed by atoms with van der Waals surface area (Å²) in [5, 5.41) is 2.97. The van der Waals surface area contributed by atoms with Crippen molar-refractivity contribution in [3.63, 3.8) is 0 Å². The molecule has 0 bridgehead atoms. The van der Waals surface area contributed by atoms with Crippen LogP contribution in [0.15, 0.2) is 29.3 Å². The molecule has 102 valence electrons. The van der Waals surface area contributed by atoms with Crippen molar-refractivity contribution in [2.75, 3.05) is 5.32 Å². The van der Waals surface area contributed by atoms with E-state index < -0.39 is 4.75 Å². The van der Waals surface area contributed by atoms with Crippen LogP contribution in [0.1, 0.15) is 26.3 Å². The van der Waals surface area contributed by atoms with Gasteiger partial charge in [0.15, 0.2) is 0 Å². The highest BCUT2D eigenvalue weighted by Crippen LogP contribution is 2.60. The van der Waals surface area contributed by atoms with E-state index in [9.17, 15) is 4.79 Å². The van der Waals surface area contributed by atoms with Crippen molar-refractivity contribution in [2.45, 2.75) is 38.0 Å². The Balaban J connectivity index is 0.00000133. The molecule has 0 aromatic heterocycles. The van der Waals surface area contributed by atoms with E-state index in [1.54, 1.807) is 6.34 Å². The van der Waals surface area contributed by atoms with Gasteiger partial charge in [-0.1, -0.05) is 25.1 Å². The standard InChI is InChI=1S/C13H15N3OS.CH4/c1-9-3-5-10(6-4-9)16-11(17)13-7-12(13,2)14-8-15-18-13;/h3-6,8H,7H2,1-2H3,(H,14,15)(H,16,17);1H4. The minimum atomic E-state index is -0.452. The topological polar surface area (TPSA) is 53.5 Å². The molecule has 0 spiro atoms. The van der Waals surface area contributed by atoms with Gasteiger partial charge in [-0.2, -0.15) is 0 Å². The highest BCUT2D eigenvalue weighted by molar-refractivity contribution is 8.00. The number of hydrogen-bond donors (Lipinski definition) is 2. The summed E-state index contributed by atoms with van der Waals surface area (Å²) >= 11 is 1.46. The first-order valence-corrected chi connectivity index (χ1v) is 6.73. The fraction of sp³-hybridized carbons (Fsp3) is 0.429. The zero-order chi connectivity index (χ0) is 12.8. The van der Waals surface area contributed by atoms with Gasteiger partial charge >= 0.3 is 0 Å². The first-order chi connectivity index (χ1) is 8.56. The molecule has 2 atom stereocenters. The van der Waals surface area contributed by atoms with Crippen LogP contribution < -0.4 is 10.0 Å². The van der Waals surface area contributed by atoms with Crippen LogP contribution in [0, 0.1) is 6.92 Å². The van der Waals surface area contributed by atoms with Crippen molar-refractivity contribution in [1.29, 1.82) is 0 Å². The third-order valence-electron chi connectivity index (χ3n) is 3.65. The number of anilines is 1. The summed E-state index contributed by atoms with van der Waals surface area (Å²) in [5.74, 6) is 0.0307. The third-order valence-corrected chi connectivity index (χ3v) is 4.99. The number of fused-ring (bicyclic) bond motifs is 1. The molecule has 5 heteroatoms. The monoisotopic (exact) mass is 277 g/mol. The summed E-state index contributed by atoms with van der Waals surface area (Å²) in [5.41, 5.74) is 1.77. The maximum atomic E-state index is 12.4. The number of nitrogens with zero attached hydrogens (tertiary/aromatic N) is 1. The first kappa shape index (κ1) is 13.9. The molecule has 2 unspecified atom stereocenters. The normalized spacial score (nSPS) is 30.6. The number of nitrogens with one attached hydrogen (secondary N) is 2. The quantitative estimate of drug-likeness (QED) is 0.817. The number of rotatable bonds is 2. The van der Waals surface area contributed by atoms with Crippen LogP contribution in [0.4, 0.5) is 5.69 Å². The first-order valence-electron chi connectivity index (χ1n) is 5.91. The average molecular weight is 277 g/mol. The van der Waals surface area contributed by atoms with Crippen molar-refractivity contribution in [3.05, 3.63) is 29.8 Å². The van der Waals surface area contributed by atoms with Crippen molar-refractivity contribution in [2.24, 2.45) is 4.99 Å². The van der Waals surface area contributed by atoms with Gasteiger partial charge in [0.1, 0.15) is 4.75 Å². The lowest BCUT2D eigenvalue weighted by molar-refractivity contribution is -0.116. The Labute approximate surface area is 118 Å². The van der Waals surface area contributed by atoms with Gasteiger partial charge in [0.25, 0.3) is 0 Å².